The monoisotopic (exact) mass is 374 g/mol. The Bertz CT molecular complexity index is 963. The second-order valence-electron chi connectivity index (χ2n) is 5.61. The molecule has 142 valence electrons. The summed E-state index contributed by atoms with van der Waals surface area (Å²) in [5.41, 5.74) is 3.77. The van der Waals surface area contributed by atoms with Crippen LogP contribution in [-0.2, 0) is 0 Å². The molecule has 2 N–H and O–H groups in total. The number of hydrogen-bond acceptors (Lipinski definition) is 5. The molecular weight excluding hydrogens is 352 g/mol. The van der Waals surface area contributed by atoms with Gasteiger partial charge in [0.05, 0.1) is 17.7 Å². The number of allylic oxidation sites excluding steroid dienone is 2. The molecule has 0 aromatic heterocycles. The van der Waals surface area contributed by atoms with Crippen LogP contribution in [0.15, 0.2) is 81.6 Å². The van der Waals surface area contributed by atoms with Gasteiger partial charge in [-0.25, -0.2) is 15.0 Å². The van der Waals surface area contributed by atoms with Crippen LogP contribution < -0.4 is 10.1 Å². The van der Waals surface area contributed by atoms with Gasteiger partial charge in [-0.05, 0) is 49.3 Å². The van der Waals surface area contributed by atoms with E-state index in [9.17, 15) is 0 Å². The molecule has 28 heavy (non-hydrogen) atoms. The van der Waals surface area contributed by atoms with Gasteiger partial charge in [-0.2, -0.15) is 0 Å². The summed E-state index contributed by atoms with van der Waals surface area (Å²) < 4.78 is 5.88. The standard InChI is InChI=1S/C21H22N6O/c1-6-17(10-11-23-12-22)28-19-9-8-18(14(3)15(19)4)27-21-20(24-7-2)16(5)25-13-26-21/h6-13,22H,1-2,5H2,3-4H3,(H,25,26,27)/b17-10+,22-12?,23-11?,24-20?. The fourth-order valence-corrected chi connectivity index (χ4v) is 2.30. The van der Waals surface area contributed by atoms with Crippen LogP contribution in [0.25, 0.3) is 0 Å². The van der Waals surface area contributed by atoms with E-state index >= 15 is 0 Å². The highest BCUT2D eigenvalue weighted by atomic mass is 16.5. The van der Waals surface area contributed by atoms with Gasteiger partial charge < -0.3 is 10.1 Å². The minimum Gasteiger partial charge on any atom is -0.457 e. The van der Waals surface area contributed by atoms with E-state index in [-0.39, 0.29) is 0 Å². The Morgan fingerprint density at radius 1 is 1.25 bits per heavy atom. The number of amidine groups is 1. The average Bonchev–Trinajstić information content (AvgIpc) is 2.69. The van der Waals surface area contributed by atoms with Crippen molar-refractivity contribution in [1.82, 2.24) is 5.32 Å². The molecule has 0 atom stereocenters. The summed E-state index contributed by atoms with van der Waals surface area (Å²) in [7, 11) is 0. The molecule has 2 rings (SSSR count). The molecule has 0 amide bonds. The zero-order valence-electron chi connectivity index (χ0n) is 15.9. The molecule has 1 aliphatic heterocycles. The predicted molar refractivity (Wildman–Crippen MR) is 118 cm³/mol. The number of nitrogens with zero attached hydrogens (tertiary/aromatic N) is 4. The first-order valence-corrected chi connectivity index (χ1v) is 8.40. The van der Waals surface area contributed by atoms with E-state index in [2.05, 4.69) is 45.0 Å². The van der Waals surface area contributed by atoms with Crippen LogP contribution >= 0.6 is 0 Å². The lowest BCUT2D eigenvalue weighted by atomic mass is 10.1. The molecule has 0 saturated carbocycles. The largest absolute Gasteiger partial charge is 0.457 e. The van der Waals surface area contributed by atoms with Crippen molar-refractivity contribution in [3.8, 4) is 5.75 Å². The molecule has 1 heterocycles. The maximum atomic E-state index is 6.91. The molecule has 0 fully saturated rings. The van der Waals surface area contributed by atoms with Crippen LogP contribution in [0.5, 0.6) is 5.75 Å². The quantitative estimate of drug-likeness (QED) is 0.324. The first-order chi connectivity index (χ1) is 13.5. The Hall–Kier alpha value is -3.87. The van der Waals surface area contributed by atoms with Gasteiger partial charge in [0.2, 0.25) is 0 Å². The molecule has 0 aliphatic carbocycles. The number of nitrogens with one attached hydrogen (secondary N) is 2. The number of hydrogen-bond donors (Lipinski definition) is 2. The predicted octanol–water partition coefficient (Wildman–Crippen LogP) is 4.19. The van der Waals surface area contributed by atoms with E-state index in [4.69, 9.17) is 10.1 Å². The van der Waals surface area contributed by atoms with Crippen molar-refractivity contribution >= 4 is 36.1 Å². The summed E-state index contributed by atoms with van der Waals surface area (Å²) in [5.74, 6) is 1.65. The summed E-state index contributed by atoms with van der Waals surface area (Å²) in [6, 6.07) is 3.68. The van der Waals surface area contributed by atoms with Crippen molar-refractivity contribution in [3.05, 3.63) is 72.8 Å². The van der Waals surface area contributed by atoms with Crippen molar-refractivity contribution in [3.63, 3.8) is 0 Å². The minimum absolute atomic E-state index is 0.453. The van der Waals surface area contributed by atoms with Crippen molar-refractivity contribution in [2.75, 3.05) is 0 Å². The van der Waals surface area contributed by atoms with Gasteiger partial charge in [0, 0.05) is 12.4 Å². The molecule has 0 saturated heterocycles. The first kappa shape index (κ1) is 20.4. The van der Waals surface area contributed by atoms with E-state index in [1.807, 2.05) is 26.0 Å². The second-order valence-corrected chi connectivity index (χ2v) is 5.61. The maximum Gasteiger partial charge on any atom is 0.182 e. The van der Waals surface area contributed by atoms with Gasteiger partial charge in [0.25, 0.3) is 0 Å². The summed E-state index contributed by atoms with van der Waals surface area (Å²) in [6.07, 6.45) is 8.58. The number of rotatable bonds is 7. The molecule has 0 radical (unpaired) electrons. The summed E-state index contributed by atoms with van der Waals surface area (Å²) in [5, 5.41) is 9.82. The molecule has 7 heteroatoms. The van der Waals surface area contributed by atoms with Crippen molar-refractivity contribution in [2.24, 2.45) is 20.0 Å². The third-order valence-corrected chi connectivity index (χ3v) is 3.91. The lowest BCUT2D eigenvalue weighted by Crippen LogP contribution is -2.29. The van der Waals surface area contributed by atoms with Crippen molar-refractivity contribution in [2.45, 2.75) is 13.8 Å². The number of aliphatic imine (C=N–C) groups is 4. The first-order valence-electron chi connectivity index (χ1n) is 8.40. The number of ether oxygens (including phenoxy) is 1. The summed E-state index contributed by atoms with van der Waals surface area (Å²) >= 11 is 0. The van der Waals surface area contributed by atoms with Crippen LogP contribution in [0.3, 0.4) is 0 Å². The Morgan fingerprint density at radius 3 is 2.71 bits per heavy atom. The van der Waals surface area contributed by atoms with Crippen LogP contribution in [0.4, 0.5) is 5.69 Å². The average molecular weight is 374 g/mol. The lowest BCUT2D eigenvalue weighted by molar-refractivity contribution is 0.442. The summed E-state index contributed by atoms with van der Waals surface area (Å²) in [6.45, 7) is 15.2. The Morgan fingerprint density at radius 2 is 2.04 bits per heavy atom. The normalized spacial score (nSPS) is 17.1. The van der Waals surface area contributed by atoms with Crippen LogP contribution in [-0.4, -0.2) is 30.4 Å². The van der Waals surface area contributed by atoms with Gasteiger partial charge in [-0.15, -0.1) is 0 Å². The Labute approximate surface area is 164 Å². The third kappa shape index (κ3) is 4.85. The third-order valence-electron chi connectivity index (χ3n) is 3.91. The van der Waals surface area contributed by atoms with E-state index < -0.39 is 0 Å². The topological polar surface area (TPSA) is 94.6 Å². The molecule has 1 aliphatic rings. The molecule has 1 aromatic rings. The SMILES string of the molecule is C=CN=C1C(=C)NC=NC1=Nc1ccc(O/C(C=C)=C/C=NC=N)c(C)c1C. The zero-order valence-corrected chi connectivity index (χ0v) is 15.9. The molecule has 0 spiro atoms. The lowest BCUT2D eigenvalue weighted by Gasteiger charge is -2.15. The molecule has 0 unspecified atom stereocenters. The minimum atomic E-state index is 0.453. The fraction of sp³-hybridized carbons (Fsp3) is 0.0952. The van der Waals surface area contributed by atoms with Gasteiger partial charge in [-0.3, -0.25) is 10.4 Å². The van der Waals surface area contributed by atoms with Gasteiger partial charge in [0.1, 0.15) is 23.6 Å². The van der Waals surface area contributed by atoms with Crippen LogP contribution in [0.1, 0.15) is 11.1 Å². The Balaban J connectivity index is 2.40. The molecule has 1 aromatic carbocycles. The maximum absolute atomic E-state index is 6.91. The van der Waals surface area contributed by atoms with Crippen molar-refractivity contribution in [1.29, 1.82) is 5.41 Å². The zero-order chi connectivity index (χ0) is 20.5. The fourth-order valence-electron chi connectivity index (χ4n) is 2.30. The second kappa shape index (κ2) is 9.72. The van der Waals surface area contributed by atoms with Crippen LogP contribution in [0, 0.1) is 19.3 Å². The van der Waals surface area contributed by atoms with E-state index in [1.165, 1.54) is 18.8 Å². The highest BCUT2D eigenvalue weighted by Gasteiger charge is 2.16. The highest BCUT2D eigenvalue weighted by Crippen LogP contribution is 2.31. The Kier molecular flexibility index (Phi) is 7.10. The summed E-state index contributed by atoms with van der Waals surface area (Å²) in [4.78, 5) is 16.8. The van der Waals surface area contributed by atoms with Gasteiger partial charge >= 0.3 is 0 Å². The highest BCUT2D eigenvalue weighted by molar-refractivity contribution is 6.50. The smallest absolute Gasteiger partial charge is 0.182 e. The molecule has 7 nitrogen and oxygen atoms in total. The molecular formula is C21H22N6O. The van der Waals surface area contributed by atoms with E-state index in [0.717, 1.165) is 23.2 Å². The van der Waals surface area contributed by atoms with Crippen LogP contribution in [0.2, 0.25) is 0 Å². The number of benzene rings is 1. The van der Waals surface area contributed by atoms with Gasteiger partial charge in [-0.1, -0.05) is 19.7 Å². The molecule has 0 bridgehead atoms. The van der Waals surface area contributed by atoms with E-state index in [1.54, 1.807) is 12.2 Å². The van der Waals surface area contributed by atoms with Gasteiger partial charge in [0.15, 0.2) is 5.84 Å². The van der Waals surface area contributed by atoms with E-state index in [0.29, 0.717) is 28.8 Å². The van der Waals surface area contributed by atoms with Crippen molar-refractivity contribution < 1.29 is 4.74 Å².